The van der Waals surface area contributed by atoms with Crippen molar-refractivity contribution >= 4 is 46.8 Å². The van der Waals surface area contributed by atoms with E-state index >= 15 is 0 Å². The summed E-state index contributed by atoms with van der Waals surface area (Å²) in [7, 11) is 0. The highest BCUT2D eigenvalue weighted by atomic mass is 35.5. The van der Waals surface area contributed by atoms with Crippen molar-refractivity contribution in [3.05, 3.63) is 39.9 Å². The molecule has 7 heteroatoms. The second-order valence-electron chi connectivity index (χ2n) is 5.23. The van der Waals surface area contributed by atoms with Crippen LogP contribution in [0.3, 0.4) is 0 Å². The summed E-state index contributed by atoms with van der Waals surface area (Å²) in [5.74, 6) is -2.01. The minimum atomic E-state index is -1.07. The zero-order valence-corrected chi connectivity index (χ0v) is 15.0. The van der Waals surface area contributed by atoms with Crippen molar-refractivity contribution in [2.45, 2.75) is 39.0 Å². The van der Waals surface area contributed by atoms with Gasteiger partial charge in [-0.15, -0.1) is 0 Å². The fourth-order valence-corrected chi connectivity index (χ4v) is 2.20. The van der Waals surface area contributed by atoms with Gasteiger partial charge in [0.15, 0.2) is 0 Å². The number of carbonyl (C=O) groups excluding carboxylic acids is 2. The van der Waals surface area contributed by atoms with Crippen LogP contribution >= 0.6 is 23.2 Å². The Labute approximate surface area is 151 Å². The number of hydrogen-bond acceptors (Lipinski definition) is 3. The van der Waals surface area contributed by atoms with Crippen LogP contribution in [-0.4, -0.2) is 17.5 Å². The van der Waals surface area contributed by atoms with Crippen LogP contribution in [0.2, 0.25) is 10.0 Å². The number of hydrazone groups is 1. The monoisotopic (exact) mass is 369 g/mol. The lowest BCUT2D eigenvalue weighted by atomic mass is 10.1. The van der Waals surface area contributed by atoms with E-state index in [0.29, 0.717) is 22.2 Å². The third-order valence-electron chi connectivity index (χ3n) is 3.22. The number of unbranched alkanes of at least 4 members (excludes halogenated alkanes) is 3. The molecule has 0 bridgehead atoms. The van der Waals surface area contributed by atoms with E-state index in [2.05, 4.69) is 17.5 Å². The third kappa shape index (κ3) is 7.62. The number of halogens is 2. The van der Waals surface area contributed by atoms with E-state index in [4.69, 9.17) is 28.9 Å². The first kappa shape index (κ1) is 20.2. The Morgan fingerprint density at radius 1 is 1.21 bits per heavy atom. The van der Waals surface area contributed by atoms with Crippen LogP contribution in [0.4, 0.5) is 0 Å². The number of allylic oxidation sites excluding steroid dienone is 1. The number of rotatable bonds is 8. The van der Waals surface area contributed by atoms with Gasteiger partial charge in [0.25, 0.3) is 0 Å². The predicted octanol–water partition coefficient (Wildman–Crippen LogP) is 3.93. The number of amides is 2. The van der Waals surface area contributed by atoms with Crippen LogP contribution in [-0.2, 0) is 9.59 Å². The van der Waals surface area contributed by atoms with Crippen molar-refractivity contribution in [1.29, 1.82) is 0 Å². The number of hydrogen-bond donors (Lipinski definition) is 2. The van der Waals surface area contributed by atoms with E-state index in [-0.39, 0.29) is 0 Å². The first-order chi connectivity index (χ1) is 11.4. The average molecular weight is 370 g/mol. The summed E-state index contributed by atoms with van der Waals surface area (Å²) in [5.41, 5.74) is 8.55. The van der Waals surface area contributed by atoms with Gasteiger partial charge < -0.3 is 5.73 Å². The van der Waals surface area contributed by atoms with E-state index in [1.165, 1.54) is 0 Å². The number of nitrogens with one attached hydrogen (secondary N) is 1. The Balaban J connectivity index is 2.80. The lowest BCUT2D eigenvalue weighted by Gasteiger charge is -2.03. The van der Waals surface area contributed by atoms with Crippen LogP contribution in [0, 0.1) is 0 Å². The van der Waals surface area contributed by atoms with Crippen LogP contribution in [0.1, 0.15) is 44.6 Å². The van der Waals surface area contributed by atoms with Gasteiger partial charge in [0, 0.05) is 0 Å². The molecule has 0 saturated carbocycles. The number of benzene rings is 1. The summed E-state index contributed by atoms with van der Waals surface area (Å²) in [6.45, 7) is 2.13. The molecule has 0 atom stereocenters. The molecule has 130 valence electrons. The first-order valence-electron chi connectivity index (χ1n) is 7.73. The number of nitrogens with zero attached hydrogens (tertiary/aromatic N) is 1. The highest BCUT2D eigenvalue weighted by Gasteiger charge is 2.07. The quantitative estimate of drug-likeness (QED) is 0.314. The fourth-order valence-electron chi connectivity index (χ4n) is 1.90. The molecule has 0 aliphatic carbocycles. The molecule has 24 heavy (non-hydrogen) atoms. The van der Waals surface area contributed by atoms with Gasteiger partial charge in [-0.1, -0.05) is 61.5 Å². The molecule has 5 nitrogen and oxygen atoms in total. The molecule has 0 aliphatic rings. The summed E-state index contributed by atoms with van der Waals surface area (Å²) in [5, 5.41) is 4.91. The van der Waals surface area contributed by atoms with Gasteiger partial charge in [-0.25, -0.2) is 5.43 Å². The average Bonchev–Trinajstić information content (AvgIpc) is 2.55. The van der Waals surface area contributed by atoms with E-state index < -0.39 is 11.8 Å². The second-order valence-corrected chi connectivity index (χ2v) is 6.04. The minimum Gasteiger partial charge on any atom is -0.361 e. The predicted molar refractivity (Wildman–Crippen MR) is 99.0 cm³/mol. The molecule has 3 N–H and O–H groups in total. The zero-order chi connectivity index (χ0) is 17.9. The molecule has 0 spiro atoms. The van der Waals surface area contributed by atoms with Gasteiger partial charge in [0.05, 0.1) is 15.8 Å². The topological polar surface area (TPSA) is 84.6 Å². The number of carbonyl (C=O) groups is 2. The molecular weight excluding hydrogens is 349 g/mol. The van der Waals surface area contributed by atoms with Crippen molar-refractivity contribution in [2.75, 3.05) is 0 Å². The normalized spacial score (nSPS) is 11.7. The molecule has 0 radical (unpaired) electrons. The third-order valence-corrected chi connectivity index (χ3v) is 3.96. The standard InChI is InChI=1S/C17H21Cl2N3O2/c1-2-3-4-5-6-13(21-22-17(24)16(20)23)9-7-12-8-10-14(18)15(19)11-12/h7-11H,2-6H2,1H3,(H2,20,23)(H,22,24)/b9-7+,21-13?. The Morgan fingerprint density at radius 2 is 1.96 bits per heavy atom. The van der Waals surface area contributed by atoms with Gasteiger partial charge in [0.1, 0.15) is 0 Å². The van der Waals surface area contributed by atoms with Crippen molar-refractivity contribution in [3.63, 3.8) is 0 Å². The maximum absolute atomic E-state index is 11.2. The molecule has 2 amide bonds. The summed E-state index contributed by atoms with van der Waals surface area (Å²) < 4.78 is 0. The van der Waals surface area contributed by atoms with Gasteiger partial charge in [0.2, 0.25) is 0 Å². The summed E-state index contributed by atoms with van der Waals surface area (Å²) in [6.07, 6.45) is 8.53. The zero-order valence-electron chi connectivity index (χ0n) is 13.5. The SMILES string of the molecule is CCCCCCC(/C=C/c1ccc(Cl)c(Cl)c1)=NNC(=O)C(N)=O. The first-order valence-corrected chi connectivity index (χ1v) is 8.49. The van der Waals surface area contributed by atoms with Gasteiger partial charge >= 0.3 is 11.8 Å². The Bertz CT molecular complexity index is 643. The fraction of sp³-hybridized carbons (Fsp3) is 0.353. The molecule has 0 fully saturated rings. The van der Waals surface area contributed by atoms with Crippen molar-refractivity contribution in [3.8, 4) is 0 Å². The highest BCUT2D eigenvalue weighted by Crippen LogP contribution is 2.23. The van der Waals surface area contributed by atoms with E-state index in [1.54, 1.807) is 18.2 Å². The summed E-state index contributed by atoms with van der Waals surface area (Å²) in [4.78, 5) is 22.0. The molecule has 0 aliphatic heterocycles. The van der Waals surface area contributed by atoms with E-state index in [0.717, 1.165) is 31.2 Å². The largest absolute Gasteiger partial charge is 0.361 e. The number of nitrogens with two attached hydrogens (primary N) is 1. The molecule has 1 aromatic rings. The molecule has 1 aromatic carbocycles. The maximum atomic E-state index is 11.2. The summed E-state index contributed by atoms with van der Waals surface area (Å²) >= 11 is 11.9. The lowest BCUT2D eigenvalue weighted by molar-refractivity contribution is -0.137. The molecule has 0 saturated heterocycles. The molecule has 0 aromatic heterocycles. The Hall–Kier alpha value is -1.85. The van der Waals surface area contributed by atoms with Crippen LogP contribution in [0.5, 0.6) is 0 Å². The van der Waals surface area contributed by atoms with Crippen LogP contribution < -0.4 is 11.2 Å². The highest BCUT2D eigenvalue weighted by molar-refractivity contribution is 6.42. The lowest BCUT2D eigenvalue weighted by Crippen LogP contribution is -2.33. The van der Waals surface area contributed by atoms with E-state index in [9.17, 15) is 9.59 Å². The Kier molecular flexibility index (Phi) is 9.12. The second kappa shape index (κ2) is 10.8. The Morgan fingerprint density at radius 3 is 2.58 bits per heavy atom. The molecule has 0 heterocycles. The minimum absolute atomic E-state index is 0.460. The van der Waals surface area contributed by atoms with Gasteiger partial charge in [-0.3, -0.25) is 9.59 Å². The maximum Gasteiger partial charge on any atom is 0.329 e. The van der Waals surface area contributed by atoms with Crippen LogP contribution in [0.15, 0.2) is 29.4 Å². The van der Waals surface area contributed by atoms with Gasteiger partial charge in [-0.2, -0.15) is 5.10 Å². The molecule has 0 unspecified atom stereocenters. The molecular formula is C17H21Cl2N3O2. The number of primary amides is 1. The van der Waals surface area contributed by atoms with Crippen molar-refractivity contribution in [2.24, 2.45) is 10.8 Å². The summed E-state index contributed by atoms with van der Waals surface area (Å²) in [6, 6.07) is 5.26. The van der Waals surface area contributed by atoms with Gasteiger partial charge in [-0.05, 0) is 36.6 Å². The van der Waals surface area contributed by atoms with E-state index in [1.807, 2.05) is 12.1 Å². The van der Waals surface area contributed by atoms with Crippen molar-refractivity contribution < 1.29 is 9.59 Å². The van der Waals surface area contributed by atoms with Crippen LogP contribution in [0.25, 0.3) is 6.08 Å². The molecule has 1 rings (SSSR count). The smallest absolute Gasteiger partial charge is 0.329 e. The van der Waals surface area contributed by atoms with Crippen molar-refractivity contribution in [1.82, 2.24) is 5.43 Å².